The van der Waals surface area contributed by atoms with E-state index in [0.29, 0.717) is 17.4 Å². The van der Waals surface area contributed by atoms with Gasteiger partial charge >= 0.3 is 6.18 Å². The number of hydrogen-bond acceptors (Lipinski definition) is 5. The van der Waals surface area contributed by atoms with Crippen molar-refractivity contribution in [3.8, 4) is 17.0 Å². The van der Waals surface area contributed by atoms with Gasteiger partial charge in [0, 0.05) is 29.6 Å². The van der Waals surface area contributed by atoms with E-state index in [2.05, 4.69) is 20.5 Å². The van der Waals surface area contributed by atoms with Crippen LogP contribution >= 0.6 is 0 Å². The third-order valence-electron chi connectivity index (χ3n) is 4.41. The number of nitrogens with one attached hydrogen (secondary N) is 2. The lowest BCUT2D eigenvalue weighted by Gasteiger charge is -2.15. The Bertz CT molecular complexity index is 1170. The molecule has 0 aliphatic heterocycles. The Morgan fingerprint density at radius 1 is 1.03 bits per heavy atom. The molecule has 154 valence electrons. The molecule has 4 aromatic rings. The van der Waals surface area contributed by atoms with E-state index in [1.54, 1.807) is 6.07 Å². The monoisotopic (exact) mass is 413 g/mol. The zero-order valence-corrected chi connectivity index (χ0v) is 15.7. The van der Waals surface area contributed by atoms with Gasteiger partial charge in [0.15, 0.2) is 5.82 Å². The molecule has 30 heavy (non-hydrogen) atoms. The minimum absolute atomic E-state index is 0.0434. The normalized spacial score (nSPS) is 11.6. The summed E-state index contributed by atoms with van der Waals surface area (Å²) in [4.78, 5) is 4.39. The smallest absolute Gasteiger partial charge is 0.417 e. The molecule has 0 unspecified atom stereocenters. The number of fused-ring (bicyclic) bond motifs is 1. The van der Waals surface area contributed by atoms with Crippen LogP contribution in [-0.2, 0) is 6.18 Å². The van der Waals surface area contributed by atoms with Crippen LogP contribution in [-0.4, -0.2) is 28.3 Å². The number of para-hydroxylation sites is 1. The van der Waals surface area contributed by atoms with Gasteiger partial charge < -0.3 is 15.8 Å². The molecule has 0 bridgehead atoms. The van der Waals surface area contributed by atoms with Crippen molar-refractivity contribution in [3.05, 3.63) is 66.2 Å². The number of pyridine rings is 1. The van der Waals surface area contributed by atoms with E-state index in [4.69, 9.17) is 10.5 Å². The standard InChI is InChI=1S/C21H18F3N5O/c22-21(23,24)16-7-3-1-5-14(16)18-11-13(30-10-9-25)12-19(26-18)27-20-15-6-2-4-8-17(15)28-29-20/h1-8,11-12H,9-10,25H2,(H2,26,27,28,29). The zero-order valence-electron chi connectivity index (χ0n) is 15.7. The summed E-state index contributed by atoms with van der Waals surface area (Å²) in [6, 6.07) is 15.8. The Labute approximate surface area is 169 Å². The van der Waals surface area contributed by atoms with Crippen molar-refractivity contribution in [1.82, 2.24) is 15.2 Å². The number of aromatic amines is 1. The molecule has 0 saturated heterocycles. The van der Waals surface area contributed by atoms with Crippen LogP contribution in [0.1, 0.15) is 5.56 Å². The molecule has 6 nitrogen and oxygen atoms in total. The Morgan fingerprint density at radius 2 is 1.80 bits per heavy atom. The third-order valence-corrected chi connectivity index (χ3v) is 4.41. The molecule has 0 aliphatic carbocycles. The van der Waals surface area contributed by atoms with Gasteiger partial charge in [-0.1, -0.05) is 30.3 Å². The number of halogens is 3. The fourth-order valence-electron chi connectivity index (χ4n) is 3.10. The Morgan fingerprint density at radius 3 is 2.60 bits per heavy atom. The van der Waals surface area contributed by atoms with Crippen LogP contribution in [0.4, 0.5) is 24.8 Å². The van der Waals surface area contributed by atoms with Crippen LogP contribution < -0.4 is 15.8 Å². The van der Waals surface area contributed by atoms with Crippen LogP contribution in [0.15, 0.2) is 60.7 Å². The summed E-state index contributed by atoms with van der Waals surface area (Å²) in [5, 5.41) is 11.0. The van der Waals surface area contributed by atoms with Gasteiger partial charge in [-0.2, -0.15) is 18.3 Å². The number of ether oxygens (including phenoxy) is 1. The van der Waals surface area contributed by atoms with Gasteiger partial charge in [0.1, 0.15) is 18.2 Å². The second kappa shape index (κ2) is 8.03. The van der Waals surface area contributed by atoms with E-state index in [0.717, 1.165) is 17.0 Å². The summed E-state index contributed by atoms with van der Waals surface area (Å²) in [6.07, 6.45) is -4.52. The van der Waals surface area contributed by atoms with E-state index >= 15 is 0 Å². The highest BCUT2D eigenvalue weighted by Crippen LogP contribution is 2.38. The minimum atomic E-state index is -4.52. The molecule has 2 aromatic carbocycles. The molecule has 4 N–H and O–H groups in total. The van der Waals surface area contributed by atoms with Crippen LogP contribution in [0.5, 0.6) is 5.75 Å². The van der Waals surface area contributed by atoms with Gasteiger partial charge in [0.2, 0.25) is 0 Å². The predicted molar refractivity (Wildman–Crippen MR) is 109 cm³/mol. The van der Waals surface area contributed by atoms with Gasteiger partial charge in [-0.25, -0.2) is 4.98 Å². The fourth-order valence-corrected chi connectivity index (χ4v) is 3.10. The van der Waals surface area contributed by atoms with Crippen molar-refractivity contribution in [1.29, 1.82) is 0 Å². The number of alkyl halides is 3. The molecule has 0 radical (unpaired) electrons. The lowest BCUT2D eigenvalue weighted by molar-refractivity contribution is -0.137. The van der Waals surface area contributed by atoms with Crippen molar-refractivity contribution in [3.63, 3.8) is 0 Å². The molecular formula is C21H18F3N5O. The lowest BCUT2D eigenvalue weighted by atomic mass is 10.0. The van der Waals surface area contributed by atoms with Crippen molar-refractivity contribution in [2.45, 2.75) is 6.18 Å². The van der Waals surface area contributed by atoms with Crippen molar-refractivity contribution >= 4 is 22.5 Å². The van der Waals surface area contributed by atoms with E-state index in [1.165, 1.54) is 24.3 Å². The SMILES string of the molecule is NCCOc1cc(Nc2n[nH]c3ccccc23)nc(-c2ccccc2C(F)(F)F)c1. The molecule has 0 amide bonds. The summed E-state index contributed by atoms with van der Waals surface area (Å²) < 4.78 is 46.1. The fraction of sp³-hybridized carbons (Fsp3) is 0.143. The Hall–Kier alpha value is -3.59. The molecule has 0 atom stereocenters. The quantitative estimate of drug-likeness (QED) is 0.426. The van der Waals surface area contributed by atoms with Crippen LogP contribution in [0, 0.1) is 0 Å². The first kappa shape index (κ1) is 19.7. The molecule has 4 rings (SSSR count). The molecule has 0 saturated carbocycles. The number of benzene rings is 2. The topological polar surface area (TPSA) is 88.9 Å². The number of aromatic nitrogens is 3. The van der Waals surface area contributed by atoms with Crippen molar-refractivity contribution in [2.24, 2.45) is 5.73 Å². The maximum absolute atomic E-state index is 13.5. The van der Waals surface area contributed by atoms with Crippen molar-refractivity contribution < 1.29 is 17.9 Å². The first-order chi connectivity index (χ1) is 14.5. The van der Waals surface area contributed by atoms with Crippen LogP contribution in [0.25, 0.3) is 22.2 Å². The maximum atomic E-state index is 13.5. The summed E-state index contributed by atoms with van der Waals surface area (Å²) in [5.74, 6) is 1.16. The molecule has 0 aliphatic rings. The average Bonchev–Trinajstić information content (AvgIpc) is 3.14. The number of hydrogen-bond donors (Lipinski definition) is 3. The van der Waals surface area contributed by atoms with Gasteiger partial charge in [-0.05, 0) is 18.2 Å². The van der Waals surface area contributed by atoms with Gasteiger partial charge in [0.05, 0.1) is 16.8 Å². The minimum Gasteiger partial charge on any atom is -0.492 e. The van der Waals surface area contributed by atoms with Crippen molar-refractivity contribution in [2.75, 3.05) is 18.5 Å². The molecule has 2 heterocycles. The number of H-pyrrole nitrogens is 1. The molecule has 2 aromatic heterocycles. The Kier molecular flexibility index (Phi) is 5.28. The summed E-state index contributed by atoms with van der Waals surface area (Å²) in [7, 11) is 0. The highest BCUT2D eigenvalue weighted by Gasteiger charge is 2.33. The Balaban J connectivity index is 1.79. The molecular weight excluding hydrogens is 395 g/mol. The lowest BCUT2D eigenvalue weighted by Crippen LogP contribution is -2.11. The van der Waals surface area contributed by atoms with E-state index < -0.39 is 11.7 Å². The van der Waals surface area contributed by atoms with E-state index in [-0.39, 0.29) is 24.4 Å². The van der Waals surface area contributed by atoms with Gasteiger partial charge in [-0.15, -0.1) is 0 Å². The summed E-state index contributed by atoms with van der Waals surface area (Å²) in [5.41, 5.74) is 5.62. The third kappa shape index (κ3) is 4.06. The first-order valence-electron chi connectivity index (χ1n) is 9.17. The van der Waals surface area contributed by atoms with E-state index in [9.17, 15) is 13.2 Å². The van der Waals surface area contributed by atoms with Gasteiger partial charge in [0.25, 0.3) is 0 Å². The number of nitrogens with zero attached hydrogens (tertiary/aromatic N) is 2. The second-order valence-electron chi connectivity index (χ2n) is 6.50. The van der Waals surface area contributed by atoms with Crippen LogP contribution in [0.3, 0.4) is 0 Å². The van der Waals surface area contributed by atoms with Crippen LogP contribution in [0.2, 0.25) is 0 Å². The summed E-state index contributed by atoms with van der Waals surface area (Å²) >= 11 is 0. The number of rotatable bonds is 6. The highest BCUT2D eigenvalue weighted by atomic mass is 19.4. The van der Waals surface area contributed by atoms with Gasteiger partial charge in [-0.3, -0.25) is 5.10 Å². The largest absolute Gasteiger partial charge is 0.492 e. The highest BCUT2D eigenvalue weighted by molar-refractivity contribution is 5.91. The predicted octanol–water partition coefficient (Wildman–Crippen LogP) is 4.72. The average molecular weight is 413 g/mol. The maximum Gasteiger partial charge on any atom is 0.417 e. The number of nitrogens with two attached hydrogens (primary N) is 1. The number of anilines is 2. The van der Waals surface area contributed by atoms with E-state index in [1.807, 2.05) is 24.3 Å². The first-order valence-corrected chi connectivity index (χ1v) is 9.17. The second-order valence-corrected chi connectivity index (χ2v) is 6.50. The zero-order chi connectivity index (χ0) is 21.1. The molecule has 0 spiro atoms. The molecule has 0 fully saturated rings. The summed E-state index contributed by atoms with van der Waals surface area (Å²) in [6.45, 7) is 0.485. The molecule has 9 heteroatoms.